The Balaban J connectivity index is 1.72. The van der Waals surface area contributed by atoms with Crippen molar-refractivity contribution in [2.45, 2.75) is 5.16 Å². The van der Waals surface area contributed by atoms with Gasteiger partial charge in [-0.2, -0.15) is 0 Å². The molecule has 2 heterocycles. The second-order valence-electron chi connectivity index (χ2n) is 6.75. The molecule has 1 aliphatic heterocycles. The highest BCUT2D eigenvalue weighted by Crippen LogP contribution is 2.34. The quantitative estimate of drug-likeness (QED) is 0.494. The first-order valence-corrected chi connectivity index (χ1v) is 11.3. The Kier molecular flexibility index (Phi) is 7.02. The molecule has 3 aromatic rings. The number of nitrogens with zero attached hydrogens (tertiary/aromatic N) is 4. The first-order chi connectivity index (χ1) is 15.1. The van der Waals surface area contributed by atoms with Crippen molar-refractivity contribution in [3.05, 3.63) is 52.5 Å². The highest BCUT2D eigenvalue weighted by atomic mass is 35.5. The van der Waals surface area contributed by atoms with Crippen molar-refractivity contribution in [2.24, 2.45) is 0 Å². The van der Waals surface area contributed by atoms with Crippen LogP contribution < -0.4 is 4.74 Å². The molecule has 4 rings (SSSR count). The van der Waals surface area contributed by atoms with Gasteiger partial charge in [-0.05, 0) is 30.3 Å². The van der Waals surface area contributed by atoms with Gasteiger partial charge in [0.25, 0.3) is 0 Å². The summed E-state index contributed by atoms with van der Waals surface area (Å²) < 4.78 is 12.7. The molecule has 1 aliphatic rings. The van der Waals surface area contributed by atoms with Gasteiger partial charge in [0.2, 0.25) is 5.91 Å². The standard InChI is InChI=1S/C21H20Cl2N4O3S/c1-29-18-6-5-16(23)12-17(18)27-20(14-3-2-4-15(22)11-14)24-25-21(27)31-13-19(28)26-7-9-30-10-8-26/h2-6,11-12H,7-10,13H2,1H3. The molecule has 1 amide bonds. The Bertz CT molecular complexity index is 1090. The normalized spacial score (nSPS) is 14.0. The predicted octanol–water partition coefficient (Wildman–Crippen LogP) is 4.20. The summed E-state index contributed by atoms with van der Waals surface area (Å²) >= 11 is 13.8. The average Bonchev–Trinajstić information content (AvgIpc) is 3.22. The monoisotopic (exact) mass is 478 g/mol. The zero-order valence-corrected chi connectivity index (χ0v) is 19.1. The van der Waals surface area contributed by atoms with E-state index in [2.05, 4.69) is 10.2 Å². The highest BCUT2D eigenvalue weighted by Gasteiger charge is 2.22. The van der Waals surface area contributed by atoms with Gasteiger partial charge in [-0.3, -0.25) is 9.36 Å². The SMILES string of the molecule is COc1ccc(Cl)cc1-n1c(SCC(=O)N2CCOCC2)nnc1-c1cccc(Cl)c1. The Morgan fingerprint density at radius 3 is 2.65 bits per heavy atom. The molecule has 2 aromatic carbocycles. The van der Waals surface area contributed by atoms with E-state index >= 15 is 0 Å². The van der Waals surface area contributed by atoms with E-state index in [9.17, 15) is 4.79 Å². The van der Waals surface area contributed by atoms with Crippen LogP contribution in [0.15, 0.2) is 47.6 Å². The van der Waals surface area contributed by atoms with Crippen LogP contribution in [0.2, 0.25) is 10.0 Å². The van der Waals surface area contributed by atoms with E-state index in [1.165, 1.54) is 11.8 Å². The van der Waals surface area contributed by atoms with Crippen LogP contribution in [-0.4, -0.2) is 64.7 Å². The maximum absolute atomic E-state index is 12.6. The van der Waals surface area contributed by atoms with Gasteiger partial charge < -0.3 is 14.4 Å². The number of methoxy groups -OCH3 is 1. The number of carbonyl (C=O) groups is 1. The molecule has 1 aromatic heterocycles. The highest BCUT2D eigenvalue weighted by molar-refractivity contribution is 7.99. The predicted molar refractivity (Wildman–Crippen MR) is 121 cm³/mol. The summed E-state index contributed by atoms with van der Waals surface area (Å²) in [6.45, 7) is 2.32. The van der Waals surface area contributed by atoms with Crippen LogP contribution in [0, 0.1) is 0 Å². The van der Waals surface area contributed by atoms with Crippen LogP contribution in [0.25, 0.3) is 17.1 Å². The largest absolute Gasteiger partial charge is 0.495 e. The van der Waals surface area contributed by atoms with E-state index in [-0.39, 0.29) is 11.7 Å². The number of rotatable bonds is 6. The molecule has 0 saturated carbocycles. The molecule has 162 valence electrons. The third-order valence-corrected chi connectivity index (χ3v) is 6.17. The second kappa shape index (κ2) is 9.91. The third-order valence-electron chi connectivity index (χ3n) is 4.79. The third kappa shape index (κ3) is 4.98. The van der Waals surface area contributed by atoms with E-state index in [0.717, 1.165) is 5.56 Å². The van der Waals surface area contributed by atoms with Crippen LogP contribution in [0.5, 0.6) is 5.75 Å². The van der Waals surface area contributed by atoms with E-state index in [1.807, 2.05) is 22.8 Å². The van der Waals surface area contributed by atoms with Crippen LogP contribution >= 0.6 is 35.0 Å². The lowest BCUT2D eigenvalue weighted by molar-refractivity contribution is -0.132. The lowest BCUT2D eigenvalue weighted by Crippen LogP contribution is -2.41. The summed E-state index contributed by atoms with van der Waals surface area (Å²) in [5.74, 6) is 1.44. The maximum atomic E-state index is 12.6. The van der Waals surface area contributed by atoms with E-state index in [0.29, 0.717) is 58.8 Å². The average molecular weight is 479 g/mol. The molecule has 10 heteroatoms. The van der Waals surface area contributed by atoms with Gasteiger partial charge in [0.05, 0.1) is 31.8 Å². The fourth-order valence-electron chi connectivity index (χ4n) is 3.26. The summed E-state index contributed by atoms with van der Waals surface area (Å²) in [5, 5.41) is 10.4. The number of halogens is 2. The van der Waals surface area contributed by atoms with Crippen LogP contribution in [-0.2, 0) is 9.53 Å². The summed E-state index contributed by atoms with van der Waals surface area (Å²) in [5.41, 5.74) is 1.46. The lowest BCUT2D eigenvalue weighted by Gasteiger charge is -2.26. The van der Waals surface area contributed by atoms with Gasteiger partial charge in [0.1, 0.15) is 5.75 Å². The van der Waals surface area contributed by atoms with Crippen molar-refractivity contribution in [2.75, 3.05) is 39.2 Å². The van der Waals surface area contributed by atoms with E-state index in [4.69, 9.17) is 32.7 Å². The molecule has 0 unspecified atom stereocenters. The first-order valence-electron chi connectivity index (χ1n) is 9.60. The number of amides is 1. The molecule has 31 heavy (non-hydrogen) atoms. The van der Waals surface area contributed by atoms with Crippen molar-refractivity contribution in [3.63, 3.8) is 0 Å². The van der Waals surface area contributed by atoms with Crippen LogP contribution in [0.1, 0.15) is 0 Å². The first kappa shape index (κ1) is 22.0. The van der Waals surface area contributed by atoms with Gasteiger partial charge in [0.15, 0.2) is 11.0 Å². The molecule has 0 N–H and O–H groups in total. The second-order valence-corrected chi connectivity index (χ2v) is 8.57. The fraction of sp³-hybridized carbons (Fsp3) is 0.286. The Morgan fingerprint density at radius 1 is 1.13 bits per heavy atom. The minimum absolute atomic E-state index is 0.0326. The Labute approximate surface area is 194 Å². The number of thioether (sulfide) groups is 1. The minimum Gasteiger partial charge on any atom is -0.495 e. The van der Waals surface area contributed by atoms with E-state index in [1.54, 1.807) is 36.3 Å². The molecule has 0 spiro atoms. The molecule has 0 atom stereocenters. The van der Waals surface area contributed by atoms with Crippen LogP contribution in [0.3, 0.4) is 0 Å². The Hall–Kier alpha value is -2.26. The molecule has 0 bridgehead atoms. The number of aromatic nitrogens is 3. The Morgan fingerprint density at radius 2 is 1.90 bits per heavy atom. The number of morpholine rings is 1. The van der Waals surface area contributed by atoms with Crippen molar-refractivity contribution < 1.29 is 14.3 Å². The number of hydrogen-bond donors (Lipinski definition) is 0. The van der Waals surface area contributed by atoms with Gasteiger partial charge in [-0.1, -0.05) is 47.1 Å². The maximum Gasteiger partial charge on any atom is 0.233 e. The number of carbonyl (C=O) groups excluding carboxylic acids is 1. The van der Waals surface area contributed by atoms with Gasteiger partial charge >= 0.3 is 0 Å². The van der Waals surface area contributed by atoms with Gasteiger partial charge in [0, 0.05) is 28.7 Å². The number of benzene rings is 2. The molecule has 7 nitrogen and oxygen atoms in total. The number of hydrogen-bond acceptors (Lipinski definition) is 6. The van der Waals surface area contributed by atoms with Crippen LogP contribution in [0.4, 0.5) is 0 Å². The molecule has 1 fully saturated rings. The molecular formula is C21H20Cl2N4O3S. The smallest absolute Gasteiger partial charge is 0.233 e. The lowest BCUT2D eigenvalue weighted by atomic mass is 10.2. The zero-order valence-electron chi connectivity index (χ0n) is 16.8. The molecule has 0 aliphatic carbocycles. The fourth-order valence-corrected chi connectivity index (χ4v) is 4.47. The van der Waals surface area contributed by atoms with Gasteiger partial charge in [-0.25, -0.2) is 0 Å². The van der Waals surface area contributed by atoms with Crippen molar-refractivity contribution in [1.82, 2.24) is 19.7 Å². The van der Waals surface area contributed by atoms with E-state index < -0.39 is 0 Å². The topological polar surface area (TPSA) is 69.5 Å². The molecule has 1 saturated heterocycles. The van der Waals surface area contributed by atoms with Crippen molar-refractivity contribution in [1.29, 1.82) is 0 Å². The summed E-state index contributed by atoms with van der Waals surface area (Å²) in [6.07, 6.45) is 0. The molecule has 0 radical (unpaired) electrons. The summed E-state index contributed by atoms with van der Waals surface area (Å²) in [4.78, 5) is 14.4. The van der Waals surface area contributed by atoms with Gasteiger partial charge in [-0.15, -0.1) is 10.2 Å². The van der Waals surface area contributed by atoms with Crippen molar-refractivity contribution in [3.8, 4) is 22.8 Å². The summed E-state index contributed by atoms with van der Waals surface area (Å²) in [7, 11) is 1.59. The molecular weight excluding hydrogens is 459 g/mol. The zero-order chi connectivity index (χ0) is 21.8. The minimum atomic E-state index is 0.0326. The number of ether oxygens (including phenoxy) is 2. The van der Waals surface area contributed by atoms with Crippen molar-refractivity contribution >= 4 is 40.9 Å². The summed E-state index contributed by atoms with van der Waals surface area (Å²) in [6, 6.07) is 12.7.